The number of carbonyl (C=O) groups excluding carboxylic acids is 1. The van der Waals surface area contributed by atoms with Crippen molar-refractivity contribution in [2.24, 2.45) is 0 Å². The first-order chi connectivity index (χ1) is 10.6. The first-order valence-corrected chi connectivity index (χ1v) is 7.69. The lowest BCUT2D eigenvalue weighted by atomic mass is 10.1. The summed E-state index contributed by atoms with van der Waals surface area (Å²) in [5, 5.41) is 6.05. The molecule has 0 spiro atoms. The molecule has 22 heavy (non-hydrogen) atoms. The van der Waals surface area contributed by atoms with Gasteiger partial charge in [0.15, 0.2) is 0 Å². The zero-order valence-electron chi connectivity index (χ0n) is 13.0. The Morgan fingerprint density at radius 1 is 1.41 bits per heavy atom. The van der Waals surface area contributed by atoms with E-state index in [1.54, 1.807) is 0 Å². The van der Waals surface area contributed by atoms with Gasteiger partial charge in [-0.1, -0.05) is 0 Å². The normalized spacial score (nSPS) is 18.5. The molecule has 2 aromatic rings. The number of nitrogens with zero attached hydrogens (tertiary/aromatic N) is 1. The molecule has 1 amide bonds. The number of H-pyrrole nitrogens is 1. The maximum absolute atomic E-state index is 11.9. The molecule has 1 saturated heterocycles. The number of imidazole rings is 1. The number of benzene rings is 1. The number of fused-ring (bicyclic) bond motifs is 1. The standard InChI is InChI=1S/C16H22N4O2/c1-10-7-12-13(8-11(10)2)20-15(19-12)3-4-18-16(21)14-9-17-5-6-22-14/h7-8,14,17H,3-6,9H2,1-2H3,(H,18,21)(H,19,20)/t14-/m1/s1. The number of aryl methyl sites for hydroxylation is 2. The molecule has 1 atom stereocenters. The third-order valence-corrected chi connectivity index (χ3v) is 4.03. The zero-order valence-corrected chi connectivity index (χ0v) is 13.0. The number of amides is 1. The van der Waals surface area contributed by atoms with Crippen molar-refractivity contribution in [1.82, 2.24) is 20.6 Å². The van der Waals surface area contributed by atoms with Gasteiger partial charge in [0.2, 0.25) is 5.91 Å². The van der Waals surface area contributed by atoms with Crippen LogP contribution >= 0.6 is 0 Å². The summed E-state index contributed by atoms with van der Waals surface area (Å²) in [7, 11) is 0. The van der Waals surface area contributed by atoms with Crippen molar-refractivity contribution in [3.63, 3.8) is 0 Å². The maximum Gasteiger partial charge on any atom is 0.250 e. The van der Waals surface area contributed by atoms with E-state index >= 15 is 0 Å². The number of aromatic nitrogens is 2. The van der Waals surface area contributed by atoms with Crippen molar-refractivity contribution < 1.29 is 9.53 Å². The third-order valence-electron chi connectivity index (χ3n) is 4.03. The molecule has 1 aromatic carbocycles. The van der Waals surface area contributed by atoms with Crippen molar-refractivity contribution in [2.75, 3.05) is 26.2 Å². The minimum absolute atomic E-state index is 0.0602. The van der Waals surface area contributed by atoms with Gasteiger partial charge in [-0.05, 0) is 37.1 Å². The van der Waals surface area contributed by atoms with Crippen molar-refractivity contribution in [3.8, 4) is 0 Å². The average Bonchev–Trinajstić information content (AvgIpc) is 2.90. The molecule has 0 saturated carbocycles. The lowest BCUT2D eigenvalue weighted by molar-refractivity contribution is -0.134. The molecule has 1 fully saturated rings. The highest BCUT2D eigenvalue weighted by molar-refractivity contribution is 5.81. The van der Waals surface area contributed by atoms with E-state index in [0.29, 0.717) is 26.1 Å². The maximum atomic E-state index is 11.9. The Bertz CT molecular complexity index is 635. The van der Waals surface area contributed by atoms with Crippen LogP contribution < -0.4 is 10.6 Å². The highest BCUT2D eigenvalue weighted by Crippen LogP contribution is 2.17. The molecule has 1 aliphatic heterocycles. The number of hydrogen-bond donors (Lipinski definition) is 3. The minimum atomic E-state index is -0.380. The summed E-state index contributed by atoms with van der Waals surface area (Å²) in [5.41, 5.74) is 4.51. The van der Waals surface area contributed by atoms with Crippen molar-refractivity contribution in [1.29, 1.82) is 0 Å². The van der Waals surface area contributed by atoms with E-state index in [2.05, 4.69) is 46.6 Å². The van der Waals surface area contributed by atoms with Crippen LogP contribution in [0, 0.1) is 13.8 Å². The van der Waals surface area contributed by atoms with E-state index in [1.807, 2.05) is 0 Å². The van der Waals surface area contributed by atoms with E-state index in [4.69, 9.17) is 4.74 Å². The topological polar surface area (TPSA) is 79.0 Å². The summed E-state index contributed by atoms with van der Waals surface area (Å²) in [6, 6.07) is 4.20. The van der Waals surface area contributed by atoms with Gasteiger partial charge < -0.3 is 20.4 Å². The van der Waals surface area contributed by atoms with Crippen LogP contribution in [0.3, 0.4) is 0 Å². The molecule has 118 valence electrons. The largest absolute Gasteiger partial charge is 0.366 e. The van der Waals surface area contributed by atoms with Gasteiger partial charge in [0, 0.05) is 26.1 Å². The monoisotopic (exact) mass is 302 g/mol. The molecule has 1 aromatic heterocycles. The Hall–Kier alpha value is -1.92. The second-order valence-electron chi connectivity index (χ2n) is 5.74. The van der Waals surface area contributed by atoms with Crippen LogP contribution in [0.5, 0.6) is 0 Å². The number of carbonyl (C=O) groups is 1. The lowest BCUT2D eigenvalue weighted by Crippen LogP contribution is -2.48. The van der Waals surface area contributed by atoms with E-state index in [-0.39, 0.29) is 12.0 Å². The quantitative estimate of drug-likeness (QED) is 0.781. The Morgan fingerprint density at radius 2 is 2.23 bits per heavy atom. The molecule has 0 radical (unpaired) electrons. The summed E-state index contributed by atoms with van der Waals surface area (Å²) < 4.78 is 5.42. The van der Waals surface area contributed by atoms with Crippen LogP contribution in [-0.4, -0.2) is 48.2 Å². The van der Waals surface area contributed by atoms with Gasteiger partial charge >= 0.3 is 0 Å². The Morgan fingerprint density at radius 3 is 3.00 bits per heavy atom. The summed E-state index contributed by atoms with van der Waals surface area (Å²) >= 11 is 0. The van der Waals surface area contributed by atoms with Gasteiger partial charge in [-0.2, -0.15) is 0 Å². The van der Waals surface area contributed by atoms with Crippen LogP contribution in [0.4, 0.5) is 0 Å². The molecule has 0 unspecified atom stereocenters. The van der Waals surface area contributed by atoms with Gasteiger partial charge in [-0.15, -0.1) is 0 Å². The fourth-order valence-electron chi connectivity index (χ4n) is 2.59. The fraction of sp³-hybridized carbons (Fsp3) is 0.500. The van der Waals surface area contributed by atoms with Crippen LogP contribution in [0.15, 0.2) is 12.1 Å². The Balaban J connectivity index is 1.56. The molecule has 3 rings (SSSR count). The van der Waals surface area contributed by atoms with Crippen molar-refractivity contribution in [2.45, 2.75) is 26.4 Å². The highest BCUT2D eigenvalue weighted by atomic mass is 16.5. The summed E-state index contributed by atoms with van der Waals surface area (Å²) in [4.78, 5) is 19.8. The van der Waals surface area contributed by atoms with Crippen LogP contribution in [0.1, 0.15) is 17.0 Å². The summed E-state index contributed by atoms with van der Waals surface area (Å²) in [6.07, 6.45) is 0.299. The molecule has 2 heterocycles. The summed E-state index contributed by atoms with van der Waals surface area (Å²) in [6.45, 7) is 6.70. The molecule has 0 aliphatic carbocycles. The Kier molecular flexibility index (Phi) is 4.40. The number of hydrogen-bond acceptors (Lipinski definition) is 4. The average molecular weight is 302 g/mol. The summed E-state index contributed by atoms with van der Waals surface area (Å²) in [5.74, 6) is 0.831. The SMILES string of the molecule is Cc1cc2nc(CCNC(=O)[C@H]3CNCCO3)[nH]c2cc1C. The Labute approximate surface area is 129 Å². The van der Waals surface area contributed by atoms with Crippen LogP contribution in [0.25, 0.3) is 11.0 Å². The molecular weight excluding hydrogens is 280 g/mol. The van der Waals surface area contributed by atoms with Gasteiger partial charge in [0.1, 0.15) is 11.9 Å². The fourth-order valence-corrected chi connectivity index (χ4v) is 2.59. The number of nitrogens with one attached hydrogen (secondary N) is 3. The van der Waals surface area contributed by atoms with Gasteiger partial charge in [-0.25, -0.2) is 4.98 Å². The van der Waals surface area contributed by atoms with Crippen LogP contribution in [0.2, 0.25) is 0 Å². The number of morpholine rings is 1. The molecule has 1 aliphatic rings. The van der Waals surface area contributed by atoms with Gasteiger partial charge in [0.25, 0.3) is 0 Å². The van der Waals surface area contributed by atoms with Crippen molar-refractivity contribution in [3.05, 3.63) is 29.1 Å². The van der Waals surface area contributed by atoms with E-state index in [9.17, 15) is 4.79 Å². The number of aromatic amines is 1. The van der Waals surface area contributed by atoms with Crippen molar-refractivity contribution >= 4 is 16.9 Å². The minimum Gasteiger partial charge on any atom is -0.366 e. The molecule has 6 heteroatoms. The highest BCUT2D eigenvalue weighted by Gasteiger charge is 2.21. The second kappa shape index (κ2) is 6.46. The first kappa shape index (κ1) is 15.0. The molecule has 3 N–H and O–H groups in total. The smallest absolute Gasteiger partial charge is 0.250 e. The number of rotatable bonds is 4. The van der Waals surface area contributed by atoms with E-state index < -0.39 is 0 Å². The first-order valence-electron chi connectivity index (χ1n) is 7.69. The zero-order chi connectivity index (χ0) is 15.5. The second-order valence-corrected chi connectivity index (χ2v) is 5.74. The van der Waals surface area contributed by atoms with E-state index in [0.717, 1.165) is 23.4 Å². The predicted molar refractivity (Wildman–Crippen MR) is 84.9 cm³/mol. The number of ether oxygens (including phenoxy) is 1. The predicted octanol–water partition coefficient (Wildman–Crippen LogP) is 0.827. The van der Waals surface area contributed by atoms with Crippen LogP contribution in [-0.2, 0) is 16.0 Å². The van der Waals surface area contributed by atoms with Gasteiger partial charge in [-0.3, -0.25) is 4.79 Å². The third kappa shape index (κ3) is 3.28. The molecular formula is C16H22N4O2. The molecule has 0 bridgehead atoms. The molecule has 6 nitrogen and oxygen atoms in total. The van der Waals surface area contributed by atoms with E-state index in [1.165, 1.54) is 11.1 Å². The lowest BCUT2D eigenvalue weighted by Gasteiger charge is -2.22. The van der Waals surface area contributed by atoms with Gasteiger partial charge in [0.05, 0.1) is 17.6 Å².